The predicted octanol–water partition coefficient (Wildman–Crippen LogP) is 2.68. The van der Waals surface area contributed by atoms with Crippen molar-refractivity contribution in [2.45, 2.75) is 32.8 Å². The van der Waals surface area contributed by atoms with Crippen molar-refractivity contribution in [3.8, 4) is 0 Å². The van der Waals surface area contributed by atoms with Crippen LogP contribution in [0.3, 0.4) is 0 Å². The first-order valence-corrected chi connectivity index (χ1v) is 5.32. The van der Waals surface area contributed by atoms with Crippen LogP contribution in [-0.4, -0.2) is 10.1 Å². The van der Waals surface area contributed by atoms with Gasteiger partial charge in [0.2, 0.25) is 0 Å². The van der Waals surface area contributed by atoms with Gasteiger partial charge in [-0.05, 0) is 34.8 Å². The van der Waals surface area contributed by atoms with Gasteiger partial charge >= 0.3 is 0 Å². The van der Waals surface area contributed by atoms with E-state index in [1.807, 2.05) is 12.1 Å². The summed E-state index contributed by atoms with van der Waals surface area (Å²) in [6.07, 6.45) is 3.36. The number of aryl methyl sites for hydroxylation is 1. The van der Waals surface area contributed by atoms with E-state index in [4.69, 9.17) is 5.11 Å². The van der Waals surface area contributed by atoms with Gasteiger partial charge in [-0.2, -0.15) is 0 Å². The Hall–Kier alpha value is -0.410. The lowest BCUT2D eigenvalue weighted by molar-refractivity contribution is 0.280. The second kappa shape index (κ2) is 5.35. The third-order valence-corrected chi connectivity index (χ3v) is 2.63. The Kier molecular flexibility index (Phi) is 4.39. The van der Waals surface area contributed by atoms with E-state index in [9.17, 15) is 0 Å². The maximum atomic E-state index is 8.92. The van der Waals surface area contributed by atoms with Gasteiger partial charge in [0.25, 0.3) is 0 Å². The van der Waals surface area contributed by atoms with Gasteiger partial charge in [-0.1, -0.05) is 19.4 Å². The summed E-state index contributed by atoms with van der Waals surface area (Å²) in [6, 6.07) is 3.90. The Labute approximate surface area is 87.1 Å². The molecule has 0 aliphatic heterocycles. The summed E-state index contributed by atoms with van der Waals surface area (Å²) in [5.74, 6) is 0. The molecule has 2 nitrogen and oxygen atoms in total. The van der Waals surface area contributed by atoms with Crippen molar-refractivity contribution in [3.63, 3.8) is 0 Å². The van der Waals surface area contributed by atoms with Crippen molar-refractivity contribution >= 4 is 15.9 Å². The van der Waals surface area contributed by atoms with Crippen molar-refractivity contribution in [2.75, 3.05) is 0 Å². The van der Waals surface area contributed by atoms with Crippen LogP contribution in [0.15, 0.2) is 16.7 Å². The number of hydrogen-bond acceptors (Lipinski definition) is 2. The molecular weight excluding hydrogens is 230 g/mol. The van der Waals surface area contributed by atoms with E-state index in [0.29, 0.717) is 0 Å². The van der Waals surface area contributed by atoms with E-state index >= 15 is 0 Å². The van der Waals surface area contributed by atoms with Gasteiger partial charge in [0, 0.05) is 11.3 Å². The monoisotopic (exact) mass is 243 g/mol. The lowest BCUT2D eigenvalue weighted by Crippen LogP contribution is -1.94. The van der Waals surface area contributed by atoms with Gasteiger partial charge in [0.05, 0.1) is 6.61 Å². The first kappa shape index (κ1) is 10.7. The highest BCUT2D eigenvalue weighted by Gasteiger charge is 2.01. The van der Waals surface area contributed by atoms with Gasteiger partial charge in [0.1, 0.15) is 4.60 Å². The van der Waals surface area contributed by atoms with Crippen molar-refractivity contribution in [3.05, 3.63) is 28.0 Å². The molecule has 0 saturated heterocycles. The molecule has 3 heteroatoms. The number of rotatable bonds is 4. The molecule has 0 bridgehead atoms. The Morgan fingerprint density at radius 2 is 2.23 bits per heavy atom. The largest absolute Gasteiger partial charge is 0.392 e. The Bertz CT molecular complexity index is 276. The molecule has 0 aliphatic rings. The molecule has 72 valence electrons. The molecule has 1 aromatic rings. The highest BCUT2D eigenvalue weighted by molar-refractivity contribution is 9.10. The fourth-order valence-electron chi connectivity index (χ4n) is 1.12. The lowest BCUT2D eigenvalue weighted by Gasteiger charge is -2.03. The number of aromatic nitrogens is 1. The molecule has 13 heavy (non-hydrogen) atoms. The van der Waals surface area contributed by atoms with Crippen LogP contribution in [-0.2, 0) is 13.0 Å². The van der Waals surface area contributed by atoms with E-state index in [2.05, 4.69) is 27.8 Å². The second-order valence-corrected chi connectivity index (χ2v) is 3.77. The number of halogens is 1. The summed E-state index contributed by atoms with van der Waals surface area (Å²) in [6.45, 7) is 2.21. The van der Waals surface area contributed by atoms with Crippen molar-refractivity contribution in [1.82, 2.24) is 4.98 Å². The molecule has 0 unspecified atom stereocenters. The van der Waals surface area contributed by atoms with E-state index in [1.54, 1.807) is 0 Å². The van der Waals surface area contributed by atoms with Crippen LogP contribution < -0.4 is 0 Å². The molecule has 1 heterocycles. The molecule has 0 amide bonds. The van der Waals surface area contributed by atoms with Crippen LogP contribution >= 0.6 is 15.9 Å². The fraction of sp³-hybridized carbons (Fsp3) is 0.500. The Balaban J connectivity index is 2.71. The number of aliphatic hydroxyl groups is 1. The number of hydrogen-bond donors (Lipinski definition) is 1. The first-order valence-electron chi connectivity index (χ1n) is 4.53. The van der Waals surface area contributed by atoms with E-state index in [-0.39, 0.29) is 6.61 Å². The normalized spacial score (nSPS) is 10.4. The molecule has 1 N–H and O–H groups in total. The summed E-state index contributed by atoms with van der Waals surface area (Å²) in [5.41, 5.74) is 1.94. The van der Waals surface area contributed by atoms with Crippen molar-refractivity contribution in [2.24, 2.45) is 0 Å². The van der Waals surface area contributed by atoms with E-state index in [0.717, 1.165) is 28.7 Å². The molecule has 0 fully saturated rings. The SMILES string of the molecule is CCCCc1ccc(CO)c(Br)n1. The smallest absolute Gasteiger partial charge is 0.111 e. The van der Waals surface area contributed by atoms with Crippen LogP contribution in [0.1, 0.15) is 31.0 Å². The van der Waals surface area contributed by atoms with Crippen LogP contribution in [0.5, 0.6) is 0 Å². The zero-order chi connectivity index (χ0) is 9.68. The molecule has 0 saturated carbocycles. The van der Waals surface area contributed by atoms with Gasteiger partial charge in [-0.3, -0.25) is 0 Å². The van der Waals surface area contributed by atoms with Gasteiger partial charge < -0.3 is 5.11 Å². The highest BCUT2D eigenvalue weighted by atomic mass is 79.9. The summed E-state index contributed by atoms with van der Waals surface area (Å²) >= 11 is 3.33. The third-order valence-electron chi connectivity index (χ3n) is 1.94. The third kappa shape index (κ3) is 3.08. The maximum Gasteiger partial charge on any atom is 0.111 e. The molecule has 1 aromatic heterocycles. The first-order chi connectivity index (χ1) is 6.27. The molecule has 0 aromatic carbocycles. The quantitative estimate of drug-likeness (QED) is 0.826. The summed E-state index contributed by atoms with van der Waals surface area (Å²) in [4.78, 5) is 4.34. The second-order valence-electron chi connectivity index (χ2n) is 3.01. The summed E-state index contributed by atoms with van der Waals surface area (Å²) in [7, 11) is 0. The minimum Gasteiger partial charge on any atom is -0.392 e. The fourth-order valence-corrected chi connectivity index (χ4v) is 1.60. The van der Waals surface area contributed by atoms with Gasteiger partial charge in [-0.15, -0.1) is 0 Å². The minimum atomic E-state index is 0.0433. The Morgan fingerprint density at radius 1 is 1.46 bits per heavy atom. The average molecular weight is 244 g/mol. The van der Waals surface area contributed by atoms with Crippen LogP contribution in [0, 0.1) is 0 Å². The van der Waals surface area contributed by atoms with Crippen LogP contribution in [0.4, 0.5) is 0 Å². The van der Waals surface area contributed by atoms with Crippen molar-refractivity contribution in [1.29, 1.82) is 0 Å². The van der Waals surface area contributed by atoms with Crippen LogP contribution in [0.25, 0.3) is 0 Å². The summed E-state index contributed by atoms with van der Waals surface area (Å²) in [5, 5.41) is 8.92. The maximum absolute atomic E-state index is 8.92. The summed E-state index contributed by atoms with van der Waals surface area (Å²) < 4.78 is 0.767. The number of aliphatic hydroxyl groups excluding tert-OH is 1. The number of nitrogens with zero attached hydrogens (tertiary/aromatic N) is 1. The molecule has 1 rings (SSSR count). The molecule has 0 atom stereocenters. The van der Waals surface area contributed by atoms with Gasteiger partial charge in [-0.25, -0.2) is 4.98 Å². The Morgan fingerprint density at radius 3 is 2.77 bits per heavy atom. The zero-order valence-electron chi connectivity index (χ0n) is 7.76. The predicted molar refractivity (Wildman–Crippen MR) is 56.5 cm³/mol. The number of pyridine rings is 1. The van der Waals surface area contributed by atoms with Gasteiger partial charge in [0.15, 0.2) is 0 Å². The van der Waals surface area contributed by atoms with E-state index in [1.165, 1.54) is 6.42 Å². The highest BCUT2D eigenvalue weighted by Crippen LogP contribution is 2.15. The lowest BCUT2D eigenvalue weighted by atomic mass is 10.2. The average Bonchev–Trinajstić information content (AvgIpc) is 2.15. The molecular formula is C10H14BrNO. The van der Waals surface area contributed by atoms with Crippen LogP contribution in [0.2, 0.25) is 0 Å². The standard InChI is InChI=1S/C10H14BrNO/c1-2-3-4-9-6-5-8(7-13)10(11)12-9/h5-6,13H,2-4,7H2,1H3. The molecule has 0 spiro atoms. The molecule has 0 aliphatic carbocycles. The van der Waals surface area contributed by atoms with Crippen molar-refractivity contribution < 1.29 is 5.11 Å². The minimum absolute atomic E-state index is 0.0433. The molecule has 0 radical (unpaired) electrons. The number of unbranched alkanes of at least 4 members (excludes halogenated alkanes) is 1. The topological polar surface area (TPSA) is 33.1 Å². The van der Waals surface area contributed by atoms with E-state index < -0.39 is 0 Å². The zero-order valence-corrected chi connectivity index (χ0v) is 9.34.